The maximum absolute atomic E-state index is 10.7. The quantitative estimate of drug-likeness (QED) is 0.313. The summed E-state index contributed by atoms with van der Waals surface area (Å²) < 4.78 is 4.34. The van der Waals surface area contributed by atoms with Crippen LogP contribution in [0.2, 0.25) is 0 Å². The van der Waals surface area contributed by atoms with Crippen molar-refractivity contribution in [3.63, 3.8) is 0 Å². The number of benzene rings is 1. The molecule has 0 aromatic heterocycles. The van der Waals surface area contributed by atoms with E-state index >= 15 is 0 Å². The first-order valence-corrected chi connectivity index (χ1v) is 4.45. The van der Waals surface area contributed by atoms with Crippen molar-refractivity contribution >= 4 is 11.6 Å². The van der Waals surface area contributed by atoms with Crippen LogP contribution >= 0.6 is 0 Å². The lowest BCUT2D eigenvalue weighted by Crippen LogP contribution is -2.05. The van der Waals surface area contributed by atoms with Gasteiger partial charge in [-0.25, -0.2) is 0 Å². The molecular weight excluding hydrogens is 192 g/mol. The summed E-state index contributed by atoms with van der Waals surface area (Å²) in [7, 11) is 1.27. The van der Waals surface area contributed by atoms with Crippen molar-refractivity contribution in [2.45, 2.75) is 13.8 Å². The van der Waals surface area contributed by atoms with E-state index in [0.29, 0.717) is 0 Å². The Hall–Kier alpha value is -2.02. The van der Waals surface area contributed by atoms with Gasteiger partial charge in [0.25, 0.3) is 0 Å². The summed E-state index contributed by atoms with van der Waals surface area (Å²) >= 11 is 0. The topological polar surface area (TPSA) is 58.8 Å². The lowest BCUT2D eigenvalue weighted by molar-refractivity contribution is -0.351. The second-order valence-electron chi connectivity index (χ2n) is 3.09. The second kappa shape index (κ2) is 5.01. The monoisotopic (exact) mass is 204 g/mol. The van der Waals surface area contributed by atoms with Crippen LogP contribution in [0.25, 0.3) is 0 Å². The average Bonchev–Trinajstić information content (AvgIpc) is 2.23. The summed E-state index contributed by atoms with van der Waals surface area (Å²) in [6, 6.07) is 5.82. The van der Waals surface area contributed by atoms with Crippen LogP contribution in [0.1, 0.15) is 11.1 Å². The van der Waals surface area contributed by atoms with Crippen LogP contribution in [0.5, 0.6) is 0 Å². The summed E-state index contributed by atoms with van der Waals surface area (Å²) in [5.74, 6) is 1.49. The largest absolute Gasteiger partial charge is 0.606 e. The van der Waals surface area contributed by atoms with E-state index in [2.05, 4.69) is 20.5 Å². The number of ether oxygens (including phenoxy) is 1. The van der Waals surface area contributed by atoms with Gasteiger partial charge in [-0.15, -0.1) is 0 Å². The highest BCUT2D eigenvalue weighted by atomic mass is 16.6. The minimum absolute atomic E-state index is 0.635. The van der Waals surface area contributed by atoms with E-state index in [4.69, 9.17) is 0 Å². The fraction of sp³-hybridized carbons (Fsp3) is 0.273. The number of hydrogen-bond donors (Lipinski definition) is 0. The summed E-state index contributed by atoms with van der Waals surface area (Å²) in [6.07, 6.45) is 0. The Morgan fingerprint density at radius 2 is 2.20 bits per heavy atom. The van der Waals surface area contributed by atoms with E-state index in [1.807, 2.05) is 32.0 Å². The normalized spacial score (nSPS) is 8.73. The van der Waals surface area contributed by atoms with E-state index in [9.17, 15) is 5.11 Å². The van der Waals surface area contributed by atoms with Crippen molar-refractivity contribution in [2.24, 2.45) is 5.11 Å². The molecule has 4 nitrogen and oxygen atoms in total. The first kappa shape index (κ1) is 11.1. The molecule has 0 spiro atoms. The Morgan fingerprint density at radius 3 is 2.87 bits per heavy atom. The molecule has 15 heavy (non-hydrogen) atoms. The number of hydrogen-bond acceptors (Lipinski definition) is 3. The fourth-order valence-electron chi connectivity index (χ4n) is 0.992. The molecule has 0 aliphatic rings. The predicted octanol–water partition coefficient (Wildman–Crippen LogP) is 1.11. The van der Waals surface area contributed by atoms with E-state index in [-0.39, 0.29) is 0 Å². The standard InChI is InChI=1S/C11H12N2O2/c1-8-4-5-9(2)10(6-8)13-12-7-11(14)15-3/h4-6H,1-3H3. The van der Waals surface area contributed by atoms with Gasteiger partial charge >= 0.3 is 5.87 Å². The molecule has 0 radical (unpaired) electrons. The molecule has 0 fully saturated rings. The van der Waals surface area contributed by atoms with Crippen LogP contribution in [0.15, 0.2) is 29.3 Å². The van der Waals surface area contributed by atoms with Crippen LogP contribution in [0.4, 0.5) is 5.69 Å². The fourth-order valence-corrected chi connectivity index (χ4v) is 0.992. The molecule has 4 heteroatoms. The third kappa shape index (κ3) is 3.31. The lowest BCUT2D eigenvalue weighted by Gasteiger charge is -1.96. The van der Waals surface area contributed by atoms with Gasteiger partial charge in [-0.05, 0) is 38.2 Å². The van der Waals surface area contributed by atoms with Crippen molar-refractivity contribution in [3.05, 3.63) is 35.3 Å². The molecule has 0 amide bonds. The van der Waals surface area contributed by atoms with Crippen LogP contribution < -0.4 is 5.11 Å². The zero-order valence-corrected chi connectivity index (χ0v) is 8.94. The molecule has 0 N–H and O–H groups in total. The molecule has 0 atom stereocenters. The average molecular weight is 204 g/mol. The van der Waals surface area contributed by atoms with E-state index in [1.54, 1.807) is 0 Å². The Balaban J connectivity index is 3.09. The third-order valence-corrected chi connectivity index (χ3v) is 1.85. The van der Waals surface area contributed by atoms with E-state index in [1.165, 1.54) is 7.11 Å². The molecule has 1 aromatic rings. The highest BCUT2D eigenvalue weighted by molar-refractivity contribution is 5.47. The molecule has 1 aromatic carbocycles. The first-order chi connectivity index (χ1) is 7.13. The van der Waals surface area contributed by atoms with Crippen LogP contribution in [-0.4, -0.2) is 17.8 Å². The van der Waals surface area contributed by atoms with Crippen molar-refractivity contribution in [3.8, 4) is 0 Å². The van der Waals surface area contributed by atoms with Gasteiger partial charge < -0.3 is 9.84 Å². The number of nitrogens with zero attached hydrogens (tertiary/aromatic N) is 2. The van der Waals surface area contributed by atoms with Crippen LogP contribution in [-0.2, 0) is 4.74 Å². The Kier molecular flexibility index (Phi) is 3.69. The smallest absolute Gasteiger partial charge is 0.376 e. The molecule has 0 bridgehead atoms. The number of aryl methyl sites for hydroxylation is 2. The molecule has 0 heterocycles. The maximum Gasteiger partial charge on any atom is 0.376 e. The van der Waals surface area contributed by atoms with Gasteiger partial charge in [0.2, 0.25) is 0 Å². The van der Waals surface area contributed by atoms with Crippen LogP contribution in [0, 0.1) is 13.8 Å². The molecule has 0 saturated heterocycles. The predicted molar refractivity (Wildman–Crippen MR) is 53.8 cm³/mol. The minimum Gasteiger partial charge on any atom is -0.606 e. The second-order valence-corrected chi connectivity index (χ2v) is 3.09. The summed E-state index contributed by atoms with van der Waals surface area (Å²) in [6.45, 7) is 3.89. The lowest BCUT2D eigenvalue weighted by atomic mass is 10.1. The molecule has 1 rings (SSSR count). The summed E-state index contributed by atoms with van der Waals surface area (Å²) in [5, 5.41) is 14.5. The zero-order chi connectivity index (χ0) is 11.3. The highest BCUT2D eigenvalue weighted by Crippen LogP contribution is 2.18. The zero-order valence-electron chi connectivity index (χ0n) is 8.94. The highest BCUT2D eigenvalue weighted by Gasteiger charge is 2.00. The molecular formula is C11H12N2O2. The molecule has 0 saturated carbocycles. The summed E-state index contributed by atoms with van der Waals surface area (Å²) in [4.78, 5) is 3.51. The first-order valence-electron chi connectivity index (χ1n) is 4.45. The minimum atomic E-state index is -0.635. The number of methoxy groups -OCH3 is 1. The molecule has 0 unspecified atom stereocenters. The van der Waals surface area contributed by atoms with Gasteiger partial charge in [0.15, 0.2) is 11.6 Å². The molecule has 0 aliphatic heterocycles. The van der Waals surface area contributed by atoms with Gasteiger partial charge in [-0.3, -0.25) is 0 Å². The van der Waals surface area contributed by atoms with Gasteiger partial charge in [0.05, 0.1) is 0 Å². The molecule has 0 aliphatic carbocycles. The van der Waals surface area contributed by atoms with Gasteiger partial charge in [-0.2, -0.15) is 0 Å². The van der Waals surface area contributed by atoms with E-state index in [0.717, 1.165) is 16.8 Å². The van der Waals surface area contributed by atoms with E-state index < -0.39 is 5.95 Å². The Bertz CT molecular complexity index is 454. The van der Waals surface area contributed by atoms with Crippen molar-refractivity contribution in [2.75, 3.05) is 7.11 Å². The maximum atomic E-state index is 10.7. The Morgan fingerprint density at radius 1 is 1.47 bits per heavy atom. The SMILES string of the molecule is COC([O-])=C=[N+]=Nc1cc(C)ccc1C. The van der Waals surface area contributed by atoms with Crippen molar-refractivity contribution < 1.29 is 14.6 Å². The van der Waals surface area contributed by atoms with Gasteiger partial charge in [-0.1, -0.05) is 12.1 Å². The molecule has 78 valence electrons. The van der Waals surface area contributed by atoms with Crippen LogP contribution in [0.3, 0.4) is 0 Å². The summed E-state index contributed by atoms with van der Waals surface area (Å²) in [5.41, 5.74) is 2.81. The Labute approximate surface area is 88.3 Å². The number of rotatable bonds is 2. The van der Waals surface area contributed by atoms with Gasteiger partial charge in [0, 0.05) is 0 Å². The van der Waals surface area contributed by atoms with Gasteiger partial charge in [0.1, 0.15) is 9.90 Å². The van der Waals surface area contributed by atoms with Crippen molar-refractivity contribution in [1.29, 1.82) is 0 Å². The van der Waals surface area contributed by atoms with Crippen molar-refractivity contribution in [1.82, 2.24) is 0 Å². The third-order valence-electron chi connectivity index (χ3n) is 1.85.